The molecule has 0 spiro atoms. The molecule has 1 aliphatic rings. The molecule has 1 fully saturated rings. The molecule has 1 aliphatic carbocycles. The molecule has 2 rings (SSSR count). The van der Waals surface area contributed by atoms with Crippen molar-refractivity contribution in [2.75, 3.05) is 6.54 Å². The van der Waals surface area contributed by atoms with Crippen LogP contribution in [0.5, 0.6) is 0 Å². The van der Waals surface area contributed by atoms with Crippen LogP contribution in [0.4, 0.5) is 8.78 Å². The van der Waals surface area contributed by atoms with Crippen molar-refractivity contribution in [1.29, 1.82) is 0 Å². The topological polar surface area (TPSA) is 12.0 Å². The van der Waals surface area contributed by atoms with E-state index in [1.807, 2.05) is 0 Å². The third-order valence-electron chi connectivity index (χ3n) is 5.47. The van der Waals surface area contributed by atoms with Gasteiger partial charge in [-0.1, -0.05) is 34.6 Å². The summed E-state index contributed by atoms with van der Waals surface area (Å²) < 4.78 is 29.1. The summed E-state index contributed by atoms with van der Waals surface area (Å²) in [4.78, 5) is 0. The number of rotatable bonds is 5. The minimum absolute atomic E-state index is 0.0552. The molecule has 118 valence electrons. The van der Waals surface area contributed by atoms with Crippen LogP contribution in [0, 0.1) is 28.4 Å². The van der Waals surface area contributed by atoms with Gasteiger partial charge in [-0.25, -0.2) is 8.78 Å². The highest BCUT2D eigenvalue weighted by molar-refractivity contribution is 9.10. The standard InChI is InChI=1S/C17H24BrF2N/c1-6-9-21-14(15-16(2,3)17(15,4)5)12-11(19)8-7-10(18)13(12)20/h7-8,14-15,21H,6,9H2,1-5H3. The largest absolute Gasteiger partial charge is 0.309 e. The quantitative estimate of drug-likeness (QED) is 0.689. The van der Waals surface area contributed by atoms with E-state index in [1.54, 1.807) is 0 Å². The predicted octanol–water partition coefficient (Wildman–Crippen LogP) is 5.45. The van der Waals surface area contributed by atoms with Crippen molar-refractivity contribution < 1.29 is 8.78 Å². The van der Waals surface area contributed by atoms with Crippen molar-refractivity contribution in [1.82, 2.24) is 5.32 Å². The molecule has 1 aromatic carbocycles. The van der Waals surface area contributed by atoms with Gasteiger partial charge in [-0.2, -0.15) is 0 Å². The Balaban J connectivity index is 2.46. The van der Waals surface area contributed by atoms with Crippen LogP contribution in [0.15, 0.2) is 16.6 Å². The molecule has 0 bridgehead atoms. The summed E-state index contributed by atoms with van der Waals surface area (Å²) in [5.41, 5.74) is 0.278. The molecule has 0 heterocycles. The van der Waals surface area contributed by atoms with E-state index in [4.69, 9.17) is 0 Å². The zero-order valence-corrected chi connectivity index (χ0v) is 14.9. The van der Waals surface area contributed by atoms with Gasteiger partial charge in [0.15, 0.2) is 0 Å². The van der Waals surface area contributed by atoms with Crippen LogP contribution in [-0.4, -0.2) is 6.54 Å². The molecular weight excluding hydrogens is 336 g/mol. The lowest BCUT2D eigenvalue weighted by atomic mass is 9.95. The lowest BCUT2D eigenvalue weighted by Gasteiger charge is -2.23. The zero-order valence-electron chi connectivity index (χ0n) is 13.4. The van der Waals surface area contributed by atoms with Crippen LogP contribution in [0.1, 0.15) is 52.6 Å². The predicted molar refractivity (Wildman–Crippen MR) is 86.1 cm³/mol. The molecule has 1 saturated carbocycles. The van der Waals surface area contributed by atoms with Crippen LogP contribution in [0.3, 0.4) is 0 Å². The van der Waals surface area contributed by atoms with Crippen LogP contribution in [-0.2, 0) is 0 Å². The van der Waals surface area contributed by atoms with Crippen molar-refractivity contribution in [2.45, 2.75) is 47.1 Å². The Bertz CT molecular complexity index is 526. The summed E-state index contributed by atoms with van der Waals surface area (Å²) in [7, 11) is 0. The lowest BCUT2D eigenvalue weighted by molar-refractivity contribution is 0.380. The summed E-state index contributed by atoms with van der Waals surface area (Å²) in [6.45, 7) is 11.5. The van der Waals surface area contributed by atoms with Gasteiger partial charge in [0.25, 0.3) is 0 Å². The van der Waals surface area contributed by atoms with Gasteiger partial charge in [-0.3, -0.25) is 0 Å². The number of halogens is 3. The minimum Gasteiger partial charge on any atom is -0.309 e. The number of benzene rings is 1. The van der Waals surface area contributed by atoms with Crippen molar-refractivity contribution in [3.63, 3.8) is 0 Å². The fourth-order valence-electron chi connectivity index (χ4n) is 3.60. The minimum atomic E-state index is -0.484. The van der Waals surface area contributed by atoms with E-state index in [-0.39, 0.29) is 28.4 Å². The van der Waals surface area contributed by atoms with Gasteiger partial charge in [0.05, 0.1) is 4.47 Å². The van der Waals surface area contributed by atoms with Crippen molar-refractivity contribution in [3.05, 3.63) is 33.8 Å². The van der Waals surface area contributed by atoms with Gasteiger partial charge in [-0.15, -0.1) is 0 Å². The smallest absolute Gasteiger partial charge is 0.145 e. The van der Waals surface area contributed by atoms with E-state index in [1.165, 1.54) is 12.1 Å². The fraction of sp³-hybridized carbons (Fsp3) is 0.647. The summed E-state index contributed by atoms with van der Waals surface area (Å²) >= 11 is 3.17. The Labute approximate surface area is 134 Å². The monoisotopic (exact) mass is 359 g/mol. The van der Waals surface area contributed by atoms with E-state index in [2.05, 4.69) is 55.9 Å². The number of hydrogen-bond acceptors (Lipinski definition) is 1. The average molecular weight is 360 g/mol. The SMILES string of the molecule is CCCNC(c1c(F)ccc(Br)c1F)C1C(C)(C)C1(C)C. The molecule has 1 aromatic rings. The van der Waals surface area contributed by atoms with Gasteiger partial charge >= 0.3 is 0 Å². The molecule has 0 radical (unpaired) electrons. The van der Waals surface area contributed by atoms with Crippen LogP contribution in [0.2, 0.25) is 0 Å². The Hall–Kier alpha value is -0.480. The van der Waals surface area contributed by atoms with E-state index < -0.39 is 11.6 Å². The van der Waals surface area contributed by atoms with E-state index in [0.717, 1.165) is 13.0 Å². The molecule has 0 amide bonds. The zero-order chi connectivity index (χ0) is 16.0. The van der Waals surface area contributed by atoms with E-state index >= 15 is 0 Å². The maximum Gasteiger partial charge on any atom is 0.145 e. The highest BCUT2D eigenvalue weighted by Gasteiger charge is 2.67. The first-order chi connectivity index (χ1) is 9.66. The molecule has 21 heavy (non-hydrogen) atoms. The molecule has 1 unspecified atom stereocenters. The third-order valence-corrected chi connectivity index (χ3v) is 6.08. The van der Waals surface area contributed by atoms with Gasteiger partial charge in [0, 0.05) is 11.6 Å². The van der Waals surface area contributed by atoms with Gasteiger partial charge < -0.3 is 5.32 Å². The van der Waals surface area contributed by atoms with Crippen LogP contribution < -0.4 is 5.32 Å². The van der Waals surface area contributed by atoms with Crippen molar-refractivity contribution >= 4 is 15.9 Å². The van der Waals surface area contributed by atoms with Crippen LogP contribution in [0.25, 0.3) is 0 Å². The lowest BCUT2D eigenvalue weighted by Crippen LogP contribution is -2.28. The maximum atomic E-state index is 14.5. The molecule has 0 saturated heterocycles. The molecule has 1 nitrogen and oxygen atoms in total. The summed E-state index contributed by atoms with van der Waals surface area (Å²) in [5.74, 6) is -0.750. The van der Waals surface area contributed by atoms with Gasteiger partial charge in [0.2, 0.25) is 0 Å². The number of nitrogens with one attached hydrogen (secondary N) is 1. The van der Waals surface area contributed by atoms with E-state index in [9.17, 15) is 8.78 Å². The average Bonchev–Trinajstić information content (AvgIpc) is 2.80. The Morgan fingerprint density at radius 3 is 2.24 bits per heavy atom. The first-order valence-electron chi connectivity index (χ1n) is 7.53. The Morgan fingerprint density at radius 2 is 1.76 bits per heavy atom. The number of hydrogen-bond donors (Lipinski definition) is 1. The normalized spacial score (nSPS) is 21.3. The first-order valence-corrected chi connectivity index (χ1v) is 8.32. The van der Waals surface area contributed by atoms with Gasteiger partial charge in [0.1, 0.15) is 11.6 Å². The first kappa shape index (κ1) is 16.9. The molecule has 0 aromatic heterocycles. The highest BCUT2D eigenvalue weighted by atomic mass is 79.9. The Morgan fingerprint density at radius 1 is 1.19 bits per heavy atom. The Kier molecular flexibility index (Phi) is 4.52. The van der Waals surface area contributed by atoms with Crippen LogP contribution >= 0.6 is 15.9 Å². The highest BCUT2D eigenvalue weighted by Crippen LogP contribution is 2.72. The van der Waals surface area contributed by atoms with Crippen molar-refractivity contribution in [3.8, 4) is 0 Å². The molecule has 4 heteroatoms. The fourth-order valence-corrected chi connectivity index (χ4v) is 3.94. The second-order valence-corrected chi connectivity index (χ2v) is 7.96. The van der Waals surface area contributed by atoms with Crippen molar-refractivity contribution in [2.24, 2.45) is 16.7 Å². The third kappa shape index (κ3) is 2.65. The molecular formula is C17H24BrF2N. The summed E-state index contributed by atoms with van der Waals surface area (Å²) in [6, 6.07) is 2.46. The second-order valence-electron chi connectivity index (χ2n) is 7.11. The van der Waals surface area contributed by atoms with E-state index in [0.29, 0.717) is 4.47 Å². The summed E-state index contributed by atoms with van der Waals surface area (Å²) in [6.07, 6.45) is 0.932. The van der Waals surface area contributed by atoms with Gasteiger partial charge in [-0.05, 0) is 57.8 Å². The summed E-state index contributed by atoms with van der Waals surface area (Å²) in [5, 5.41) is 3.37. The maximum absolute atomic E-state index is 14.5. The molecule has 1 N–H and O–H groups in total. The molecule has 0 aliphatic heterocycles. The second kappa shape index (κ2) is 5.62. The molecule has 1 atom stereocenters.